The van der Waals surface area contributed by atoms with Gasteiger partial charge in [-0.25, -0.2) is 4.98 Å². The summed E-state index contributed by atoms with van der Waals surface area (Å²) in [5.41, 5.74) is -5.12. The highest BCUT2D eigenvalue weighted by Gasteiger charge is 2.48. The van der Waals surface area contributed by atoms with E-state index < -0.39 is 21.4 Å². The third-order valence-electron chi connectivity index (χ3n) is 3.16. The van der Waals surface area contributed by atoms with Gasteiger partial charge in [0.2, 0.25) is 5.88 Å². The van der Waals surface area contributed by atoms with Crippen molar-refractivity contribution in [3.8, 4) is 17.4 Å². The van der Waals surface area contributed by atoms with Crippen LogP contribution in [-0.2, 0) is 10.1 Å². The highest BCUT2D eigenvalue weighted by Crippen LogP contribution is 2.30. The largest absolute Gasteiger partial charge is 0.534 e. The number of aromatic nitrogens is 1. The summed E-state index contributed by atoms with van der Waals surface area (Å²) in [7, 11) is -5.73. The molecule has 0 aliphatic carbocycles. The molecule has 0 fully saturated rings. The summed E-state index contributed by atoms with van der Waals surface area (Å²) in [6, 6.07) is 13.1. The van der Waals surface area contributed by atoms with Crippen LogP contribution in [0.15, 0.2) is 54.6 Å². The Morgan fingerprint density at radius 2 is 1.58 bits per heavy atom. The van der Waals surface area contributed by atoms with Crippen LogP contribution < -0.4 is 8.92 Å². The van der Waals surface area contributed by atoms with Crippen molar-refractivity contribution in [2.45, 2.75) is 5.51 Å². The number of nitrogens with zero attached hydrogens (tertiary/aromatic N) is 1. The van der Waals surface area contributed by atoms with Gasteiger partial charge < -0.3 is 8.92 Å². The van der Waals surface area contributed by atoms with Gasteiger partial charge in [-0.3, -0.25) is 0 Å². The lowest BCUT2D eigenvalue weighted by Gasteiger charge is -2.10. The molecule has 0 spiro atoms. The summed E-state index contributed by atoms with van der Waals surface area (Å²) >= 11 is 5.79. The first-order valence-corrected chi connectivity index (χ1v) is 8.78. The van der Waals surface area contributed by atoms with E-state index in [0.29, 0.717) is 21.7 Å². The number of fused-ring (bicyclic) bond motifs is 1. The Hall–Kier alpha value is -2.52. The second-order valence-corrected chi connectivity index (χ2v) is 7.02. The van der Waals surface area contributed by atoms with Crippen molar-refractivity contribution in [3.05, 3.63) is 59.6 Å². The van der Waals surface area contributed by atoms with Gasteiger partial charge in [-0.05, 0) is 48.5 Å². The van der Waals surface area contributed by atoms with E-state index in [-0.39, 0.29) is 5.88 Å². The second kappa shape index (κ2) is 6.65. The molecule has 0 saturated carbocycles. The van der Waals surface area contributed by atoms with Gasteiger partial charge in [0.15, 0.2) is 0 Å². The fourth-order valence-corrected chi connectivity index (χ4v) is 2.57. The molecule has 10 heteroatoms. The van der Waals surface area contributed by atoms with Crippen molar-refractivity contribution in [2.75, 3.05) is 0 Å². The third-order valence-corrected chi connectivity index (χ3v) is 4.39. The molecule has 1 heterocycles. The van der Waals surface area contributed by atoms with Crippen LogP contribution in [0.4, 0.5) is 13.2 Å². The minimum Gasteiger partial charge on any atom is -0.439 e. The van der Waals surface area contributed by atoms with Gasteiger partial charge in [-0.15, -0.1) is 0 Å². The van der Waals surface area contributed by atoms with Crippen LogP contribution in [0.1, 0.15) is 0 Å². The molecule has 0 radical (unpaired) electrons. The Morgan fingerprint density at radius 3 is 2.23 bits per heavy atom. The van der Waals surface area contributed by atoms with E-state index >= 15 is 0 Å². The van der Waals surface area contributed by atoms with Gasteiger partial charge in [-0.2, -0.15) is 21.6 Å². The molecule has 1 aromatic heterocycles. The summed E-state index contributed by atoms with van der Waals surface area (Å²) in [6.07, 6.45) is 0. The molecule has 0 N–H and O–H groups in total. The summed E-state index contributed by atoms with van der Waals surface area (Å²) in [6.45, 7) is 0. The molecule has 0 saturated heterocycles. The molecule has 0 aliphatic heterocycles. The van der Waals surface area contributed by atoms with Crippen LogP contribution in [-0.4, -0.2) is 18.9 Å². The van der Waals surface area contributed by atoms with Crippen LogP contribution in [0.3, 0.4) is 0 Å². The highest BCUT2D eigenvalue weighted by atomic mass is 35.5. The fraction of sp³-hybridized carbons (Fsp3) is 0.0625. The minimum atomic E-state index is -5.73. The predicted molar refractivity (Wildman–Crippen MR) is 88.9 cm³/mol. The van der Waals surface area contributed by atoms with Crippen molar-refractivity contribution in [2.24, 2.45) is 0 Å². The van der Waals surface area contributed by atoms with Crippen LogP contribution in [0, 0.1) is 0 Å². The molecule has 0 aliphatic rings. The molecule has 2 aromatic carbocycles. The van der Waals surface area contributed by atoms with Crippen LogP contribution >= 0.6 is 11.6 Å². The molecule has 0 atom stereocenters. The first-order valence-electron chi connectivity index (χ1n) is 6.99. The van der Waals surface area contributed by atoms with Gasteiger partial charge >= 0.3 is 15.6 Å². The van der Waals surface area contributed by atoms with Crippen LogP contribution in [0.5, 0.6) is 17.4 Å². The van der Waals surface area contributed by atoms with Crippen molar-refractivity contribution in [3.63, 3.8) is 0 Å². The molecule has 5 nitrogen and oxygen atoms in total. The van der Waals surface area contributed by atoms with E-state index in [2.05, 4.69) is 9.17 Å². The van der Waals surface area contributed by atoms with Crippen LogP contribution in [0.25, 0.3) is 10.9 Å². The van der Waals surface area contributed by atoms with E-state index in [1.807, 2.05) is 0 Å². The van der Waals surface area contributed by atoms with E-state index in [1.54, 1.807) is 24.3 Å². The Labute approximate surface area is 151 Å². The number of rotatable bonds is 4. The SMILES string of the molecule is O=S(=O)(Oc1ccc2nc(Oc3ccc(Cl)cc3)ccc2c1)C(F)(F)F. The summed E-state index contributed by atoms with van der Waals surface area (Å²) in [5, 5.41) is 0.925. The maximum Gasteiger partial charge on any atom is 0.534 e. The molecule has 0 amide bonds. The van der Waals surface area contributed by atoms with E-state index in [1.165, 1.54) is 18.2 Å². The van der Waals surface area contributed by atoms with E-state index in [0.717, 1.165) is 12.1 Å². The minimum absolute atomic E-state index is 0.247. The highest BCUT2D eigenvalue weighted by molar-refractivity contribution is 7.88. The molecule has 0 unspecified atom stereocenters. The summed E-state index contributed by atoms with van der Waals surface area (Å²) in [5.74, 6) is 0.275. The predicted octanol–water partition coefficient (Wildman–Crippen LogP) is 4.91. The van der Waals surface area contributed by atoms with E-state index in [9.17, 15) is 21.6 Å². The fourth-order valence-electron chi connectivity index (χ4n) is 1.99. The van der Waals surface area contributed by atoms with Crippen molar-refractivity contribution < 1.29 is 30.5 Å². The standard InChI is InChI=1S/C16H9ClF3NO4S/c17-11-2-4-12(5-3-11)24-15-8-1-10-9-13(6-7-14(10)21-15)25-26(22,23)16(18,19)20/h1-9H. The van der Waals surface area contributed by atoms with Gasteiger partial charge in [-0.1, -0.05) is 11.6 Å². The Balaban J connectivity index is 1.85. The number of benzene rings is 2. The molecular formula is C16H9ClF3NO4S. The summed E-state index contributed by atoms with van der Waals surface area (Å²) < 4.78 is 68.8. The van der Waals surface area contributed by atoms with Crippen LogP contribution in [0.2, 0.25) is 5.02 Å². The normalized spacial score (nSPS) is 12.2. The smallest absolute Gasteiger partial charge is 0.439 e. The van der Waals surface area contributed by atoms with Crippen molar-refractivity contribution in [1.82, 2.24) is 4.98 Å². The molecule has 136 valence electrons. The maximum absolute atomic E-state index is 12.4. The topological polar surface area (TPSA) is 65.5 Å². The zero-order chi connectivity index (χ0) is 18.9. The summed E-state index contributed by atoms with van der Waals surface area (Å²) in [4.78, 5) is 4.20. The molecule has 3 aromatic rings. The van der Waals surface area contributed by atoms with Gasteiger partial charge in [0.25, 0.3) is 0 Å². The maximum atomic E-state index is 12.4. The number of hydrogen-bond donors (Lipinski definition) is 0. The number of alkyl halides is 3. The zero-order valence-electron chi connectivity index (χ0n) is 12.7. The monoisotopic (exact) mass is 403 g/mol. The number of hydrogen-bond acceptors (Lipinski definition) is 5. The van der Waals surface area contributed by atoms with E-state index in [4.69, 9.17) is 16.3 Å². The molecular weight excluding hydrogens is 395 g/mol. The average Bonchev–Trinajstić information content (AvgIpc) is 2.56. The van der Waals surface area contributed by atoms with Gasteiger partial charge in [0.1, 0.15) is 11.5 Å². The number of ether oxygens (including phenoxy) is 1. The number of halogens is 4. The van der Waals surface area contributed by atoms with Gasteiger partial charge in [0.05, 0.1) is 5.52 Å². The van der Waals surface area contributed by atoms with Crippen molar-refractivity contribution in [1.29, 1.82) is 0 Å². The number of pyridine rings is 1. The Morgan fingerprint density at radius 1 is 0.923 bits per heavy atom. The first-order chi connectivity index (χ1) is 12.1. The first kappa shape index (κ1) is 18.3. The average molecular weight is 404 g/mol. The lowest BCUT2D eigenvalue weighted by atomic mass is 10.2. The second-order valence-electron chi connectivity index (χ2n) is 5.04. The molecule has 26 heavy (non-hydrogen) atoms. The van der Waals surface area contributed by atoms with Gasteiger partial charge in [0, 0.05) is 16.5 Å². The Bertz CT molecular complexity index is 1050. The third kappa shape index (κ3) is 4.00. The lowest BCUT2D eigenvalue weighted by molar-refractivity contribution is -0.0500. The molecule has 0 bridgehead atoms. The lowest BCUT2D eigenvalue weighted by Crippen LogP contribution is -2.28. The zero-order valence-corrected chi connectivity index (χ0v) is 14.3. The Kier molecular flexibility index (Phi) is 4.68. The van der Waals surface area contributed by atoms with Crippen molar-refractivity contribution >= 4 is 32.6 Å². The molecule has 3 rings (SSSR count). The quantitative estimate of drug-likeness (QED) is 0.457.